The van der Waals surface area contributed by atoms with E-state index in [1.807, 2.05) is 0 Å². The van der Waals surface area contributed by atoms with E-state index in [0.29, 0.717) is 18.3 Å². The number of carboxylic acid groups (broad SMARTS) is 2. The largest absolute Gasteiger partial charge is 0.504 e. The van der Waals surface area contributed by atoms with Crippen LogP contribution in [0.4, 0.5) is 8.78 Å². The molecule has 5 rings (SSSR count). The highest BCUT2D eigenvalue weighted by atomic mass is 19.1. The highest BCUT2D eigenvalue weighted by Gasteiger charge is 2.46. The number of phenols is 1. The lowest BCUT2D eigenvalue weighted by atomic mass is 9.95. The molecule has 15 heteroatoms. The predicted octanol–water partition coefficient (Wildman–Crippen LogP) is 3.89. The number of aliphatic imine (C=N–C) groups is 1. The number of carboxylic acids is 2. The van der Waals surface area contributed by atoms with Crippen molar-refractivity contribution >= 4 is 24.0 Å². The summed E-state index contributed by atoms with van der Waals surface area (Å²) in [4.78, 5) is 33.3. The number of aromatic nitrogens is 1. The van der Waals surface area contributed by atoms with E-state index in [1.165, 1.54) is 36.4 Å². The number of hydrogen-bond donors (Lipinski definition) is 5. The van der Waals surface area contributed by atoms with Crippen LogP contribution in [0.5, 0.6) is 34.6 Å². The third-order valence-corrected chi connectivity index (χ3v) is 7.37. The summed E-state index contributed by atoms with van der Waals surface area (Å²) in [5.41, 5.74) is 5.97. The van der Waals surface area contributed by atoms with Crippen LogP contribution in [0.3, 0.4) is 0 Å². The van der Waals surface area contributed by atoms with Gasteiger partial charge in [0.05, 0.1) is 12.1 Å². The fourth-order valence-electron chi connectivity index (χ4n) is 5.15. The number of ether oxygens (including phenoxy) is 3. The lowest BCUT2D eigenvalue weighted by Crippen LogP contribution is -2.35. The van der Waals surface area contributed by atoms with Gasteiger partial charge < -0.3 is 35.3 Å². The second kappa shape index (κ2) is 12.1. The number of benzene rings is 2. The molecular weight excluding hydrogens is 584 g/mol. The van der Waals surface area contributed by atoms with Crippen molar-refractivity contribution in [3.63, 3.8) is 0 Å². The number of nitrogens with one attached hydrogen (secondary N) is 1. The van der Waals surface area contributed by atoms with Crippen molar-refractivity contribution in [1.29, 1.82) is 5.41 Å². The maximum Gasteiger partial charge on any atom is 0.311 e. The minimum absolute atomic E-state index is 0.0192. The van der Waals surface area contributed by atoms with Gasteiger partial charge in [-0.15, -0.1) is 0 Å². The molecule has 44 heavy (non-hydrogen) atoms. The second-order valence-electron chi connectivity index (χ2n) is 10.2. The minimum atomic E-state index is -1.33. The number of aromatic hydroxyl groups is 1. The molecule has 0 saturated heterocycles. The van der Waals surface area contributed by atoms with E-state index >= 15 is 4.39 Å². The monoisotopic (exact) mass is 611 g/mol. The van der Waals surface area contributed by atoms with Crippen LogP contribution in [-0.4, -0.2) is 68.9 Å². The number of carbonyl (C=O) groups is 2. The van der Waals surface area contributed by atoms with Crippen LogP contribution >= 0.6 is 0 Å². The summed E-state index contributed by atoms with van der Waals surface area (Å²) < 4.78 is 47.5. The third-order valence-electron chi connectivity index (χ3n) is 7.37. The van der Waals surface area contributed by atoms with E-state index in [9.17, 15) is 29.3 Å². The van der Waals surface area contributed by atoms with E-state index in [2.05, 4.69) is 9.98 Å². The van der Waals surface area contributed by atoms with Crippen molar-refractivity contribution in [3.8, 4) is 34.6 Å². The number of amidine groups is 1. The van der Waals surface area contributed by atoms with Gasteiger partial charge in [0.1, 0.15) is 35.5 Å². The second-order valence-corrected chi connectivity index (χ2v) is 10.2. The van der Waals surface area contributed by atoms with Gasteiger partial charge in [-0.05, 0) is 56.3 Å². The van der Waals surface area contributed by atoms with Crippen molar-refractivity contribution in [3.05, 3.63) is 65.4 Å². The van der Waals surface area contributed by atoms with Crippen molar-refractivity contribution in [1.82, 2.24) is 9.88 Å². The smallest absolute Gasteiger partial charge is 0.311 e. The van der Waals surface area contributed by atoms with E-state index in [4.69, 9.17) is 25.4 Å². The van der Waals surface area contributed by atoms with E-state index in [1.54, 1.807) is 18.2 Å². The highest BCUT2D eigenvalue weighted by molar-refractivity contribution is 5.95. The van der Waals surface area contributed by atoms with E-state index in [0.717, 1.165) is 0 Å². The van der Waals surface area contributed by atoms with Crippen molar-refractivity contribution in [2.75, 3.05) is 13.6 Å². The Morgan fingerprint density at radius 2 is 1.84 bits per heavy atom. The summed E-state index contributed by atoms with van der Waals surface area (Å²) in [5, 5.41) is 36.8. The molecule has 4 atom stereocenters. The Morgan fingerprint density at radius 1 is 1.07 bits per heavy atom. The standard InChI is InChI=1S/C29H27F2N5O8/c1-36-9-8-34-26(36)16-11-14(42-20-7-4-15(28(38)39)22(20)29(40)41)3-6-19(16)43-24-17(30)12-35-27(23(24)31)44-21-10-13(25(32)33)2-5-18(21)37/h2-3,5-6,8,10-12,15,20,22,26,37H,4,7,9H2,1H3,(H3,32,33)(H,38,39)(H,40,41). The Balaban J connectivity index is 1.47. The molecule has 13 nitrogen and oxygen atoms in total. The number of phenolic OH excluding ortho intramolecular Hbond substituents is 1. The third kappa shape index (κ3) is 5.94. The van der Waals surface area contributed by atoms with Crippen LogP contribution in [0.25, 0.3) is 0 Å². The van der Waals surface area contributed by atoms with Gasteiger partial charge in [0.2, 0.25) is 11.6 Å². The number of nitrogens with zero attached hydrogens (tertiary/aromatic N) is 3. The highest BCUT2D eigenvalue weighted by Crippen LogP contribution is 2.42. The molecular formula is C29H27F2N5O8. The van der Waals surface area contributed by atoms with Crippen LogP contribution in [0.1, 0.15) is 30.1 Å². The first-order chi connectivity index (χ1) is 20.9. The molecule has 230 valence electrons. The summed E-state index contributed by atoms with van der Waals surface area (Å²) in [6, 6.07) is 7.99. The zero-order valence-electron chi connectivity index (χ0n) is 23.1. The molecule has 1 aromatic heterocycles. The van der Waals surface area contributed by atoms with E-state index in [-0.39, 0.29) is 41.5 Å². The SMILES string of the molecule is CN1CC=NC1c1cc(OC2CCC(C(=O)O)C2C(=O)O)ccc1Oc1c(F)cnc(Oc2cc(C(=N)N)ccc2O)c1F. The van der Waals surface area contributed by atoms with Gasteiger partial charge in [0.25, 0.3) is 5.88 Å². The fraction of sp³-hybridized carbons (Fsp3) is 0.276. The predicted molar refractivity (Wildman–Crippen MR) is 150 cm³/mol. The molecule has 4 unspecified atom stereocenters. The topological polar surface area (TPSA) is 201 Å². The molecule has 3 aromatic rings. The maximum atomic E-state index is 15.6. The molecule has 1 aliphatic carbocycles. The summed E-state index contributed by atoms with van der Waals surface area (Å²) >= 11 is 0. The number of pyridine rings is 1. The molecule has 0 spiro atoms. The van der Waals surface area contributed by atoms with Gasteiger partial charge in [-0.1, -0.05) is 0 Å². The molecule has 1 fully saturated rings. The van der Waals surface area contributed by atoms with Gasteiger partial charge >= 0.3 is 11.9 Å². The summed E-state index contributed by atoms with van der Waals surface area (Å²) in [5.74, 6) is -9.86. The molecule has 0 amide bonds. The average molecular weight is 612 g/mol. The number of rotatable bonds is 10. The number of halogens is 2. The van der Waals surface area contributed by atoms with Crippen molar-refractivity contribution in [2.45, 2.75) is 25.1 Å². The van der Waals surface area contributed by atoms with Crippen LogP contribution in [0.15, 0.2) is 47.6 Å². The van der Waals surface area contributed by atoms with Gasteiger partial charge in [-0.2, -0.15) is 4.39 Å². The van der Waals surface area contributed by atoms with Crippen molar-refractivity contribution < 1.29 is 47.9 Å². The van der Waals surface area contributed by atoms with Gasteiger partial charge in [-0.25, -0.2) is 9.37 Å². The Bertz CT molecular complexity index is 1670. The lowest BCUT2D eigenvalue weighted by Gasteiger charge is -2.24. The summed E-state index contributed by atoms with van der Waals surface area (Å²) in [6.07, 6.45) is 1.05. The maximum absolute atomic E-state index is 15.6. The molecule has 6 N–H and O–H groups in total. The molecule has 2 aromatic carbocycles. The summed E-state index contributed by atoms with van der Waals surface area (Å²) in [7, 11) is 1.76. The first-order valence-corrected chi connectivity index (χ1v) is 13.3. The molecule has 2 heterocycles. The fourth-order valence-corrected chi connectivity index (χ4v) is 5.15. The molecule has 1 saturated carbocycles. The Hall–Kier alpha value is -5.31. The number of nitrogens with two attached hydrogens (primary N) is 1. The number of hydrogen-bond acceptors (Lipinski definition) is 10. The van der Waals surface area contributed by atoms with Crippen LogP contribution in [0.2, 0.25) is 0 Å². The van der Waals surface area contributed by atoms with Gasteiger partial charge in [-0.3, -0.25) is 24.9 Å². The first kappa shape index (κ1) is 30.2. The number of nitrogen functional groups attached to an aromatic ring is 1. The normalized spacial score (nSPS) is 21.2. The Labute approximate surface area is 248 Å². The molecule has 1 aliphatic heterocycles. The Morgan fingerprint density at radius 3 is 2.50 bits per heavy atom. The summed E-state index contributed by atoms with van der Waals surface area (Å²) in [6.45, 7) is 0.456. The first-order valence-electron chi connectivity index (χ1n) is 13.3. The van der Waals surface area contributed by atoms with Crippen LogP contribution in [0, 0.1) is 28.9 Å². The Kier molecular flexibility index (Phi) is 8.31. The molecule has 2 aliphatic rings. The van der Waals surface area contributed by atoms with Crippen molar-refractivity contribution in [2.24, 2.45) is 22.6 Å². The van der Waals surface area contributed by atoms with E-state index < -0.39 is 65.1 Å². The number of aliphatic carboxylic acids is 2. The molecule has 0 radical (unpaired) electrons. The van der Waals surface area contributed by atoms with Gasteiger partial charge in [0.15, 0.2) is 17.3 Å². The minimum Gasteiger partial charge on any atom is -0.504 e. The zero-order chi connectivity index (χ0) is 31.7. The van der Waals surface area contributed by atoms with Crippen LogP contribution < -0.4 is 19.9 Å². The van der Waals surface area contributed by atoms with Crippen LogP contribution in [-0.2, 0) is 9.59 Å². The zero-order valence-corrected chi connectivity index (χ0v) is 23.1. The average Bonchev–Trinajstić information content (AvgIpc) is 3.60. The lowest BCUT2D eigenvalue weighted by molar-refractivity contribution is -0.154. The van der Waals surface area contributed by atoms with Gasteiger partial charge in [0, 0.05) is 23.9 Å². The quantitative estimate of drug-likeness (QED) is 0.164. The molecule has 0 bridgehead atoms.